The highest BCUT2D eigenvalue weighted by molar-refractivity contribution is 5.18. The van der Waals surface area contributed by atoms with Gasteiger partial charge in [0.2, 0.25) is 0 Å². The molecule has 0 aliphatic carbocycles. The highest BCUT2D eigenvalue weighted by Gasteiger charge is 2.09. The Morgan fingerprint density at radius 2 is 1.83 bits per heavy atom. The van der Waals surface area contributed by atoms with Crippen molar-refractivity contribution in [2.24, 2.45) is 0 Å². The minimum Gasteiger partial charge on any atom is -0.379 e. The summed E-state index contributed by atoms with van der Waals surface area (Å²) in [5.74, 6) is 0. The van der Waals surface area contributed by atoms with E-state index in [1.54, 1.807) is 0 Å². The van der Waals surface area contributed by atoms with Crippen LogP contribution in [0, 0.1) is 0 Å². The van der Waals surface area contributed by atoms with Gasteiger partial charge in [0.05, 0.1) is 12.6 Å². The molecular formula is C16H27NO. The first-order valence-corrected chi connectivity index (χ1v) is 7.24. The smallest absolute Gasteiger partial charge is 0.0661 e. The summed E-state index contributed by atoms with van der Waals surface area (Å²) in [7, 11) is 0. The zero-order chi connectivity index (χ0) is 13.1. The van der Waals surface area contributed by atoms with Crippen molar-refractivity contribution < 1.29 is 4.74 Å². The maximum absolute atomic E-state index is 5.79. The quantitative estimate of drug-likeness (QED) is 0.634. The lowest BCUT2D eigenvalue weighted by Gasteiger charge is -2.19. The largest absolute Gasteiger partial charge is 0.379 e. The van der Waals surface area contributed by atoms with Crippen molar-refractivity contribution in [3.8, 4) is 0 Å². The second-order valence-corrected chi connectivity index (χ2v) is 4.70. The number of hydrogen-bond acceptors (Lipinski definition) is 2. The van der Waals surface area contributed by atoms with Gasteiger partial charge in [-0.2, -0.15) is 0 Å². The summed E-state index contributed by atoms with van der Waals surface area (Å²) in [6, 6.07) is 10.9. The van der Waals surface area contributed by atoms with Gasteiger partial charge in [0.1, 0.15) is 0 Å². The zero-order valence-corrected chi connectivity index (χ0v) is 11.8. The average molecular weight is 249 g/mol. The summed E-state index contributed by atoms with van der Waals surface area (Å²) in [4.78, 5) is 0. The lowest BCUT2D eigenvalue weighted by molar-refractivity contribution is 0.108. The van der Waals surface area contributed by atoms with Crippen molar-refractivity contribution in [1.82, 2.24) is 5.32 Å². The molecule has 0 spiro atoms. The van der Waals surface area contributed by atoms with Gasteiger partial charge in [0, 0.05) is 6.61 Å². The Balaban J connectivity index is 2.36. The fraction of sp³-hybridized carbons (Fsp3) is 0.625. The van der Waals surface area contributed by atoms with Crippen LogP contribution in [0.1, 0.15) is 51.1 Å². The van der Waals surface area contributed by atoms with E-state index in [0.29, 0.717) is 6.04 Å². The third-order valence-electron chi connectivity index (χ3n) is 3.02. The van der Waals surface area contributed by atoms with E-state index in [4.69, 9.17) is 4.74 Å². The Hall–Kier alpha value is -0.860. The van der Waals surface area contributed by atoms with Crippen molar-refractivity contribution in [2.75, 3.05) is 19.8 Å². The van der Waals surface area contributed by atoms with E-state index >= 15 is 0 Å². The molecule has 1 aromatic rings. The molecule has 0 amide bonds. The van der Waals surface area contributed by atoms with Crippen molar-refractivity contribution in [3.05, 3.63) is 35.9 Å². The lowest BCUT2D eigenvalue weighted by Crippen LogP contribution is -2.26. The van der Waals surface area contributed by atoms with Gasteiger partial charge in [-0.1, -0.05) is 57.0 Å². The number of unbranched alkanes of at least 4 members (excludes halogenated alkanes) is 2. The van der Waals surface area contributed by atoms with E-state index in [2.05, 4.69) is 49.5 Å². The molecule has 0 radical (unpaired) electrons. The molecule has 0 aliphatic heterocycles. The number of nitrogens with one attached hydrogen (secondary N) is 1. The molecule has 0 fully saturated rings. The van der Waals surface area contributed by atoms with Crippen LogP contribution in [0.5, 0.6) is 0 Å². The summed E-state index contributed by atoms with van der Waals surface area (Å²) in [6.45, 7) is 7.10. The molecule has 1 aromatic carbocycles. The van der Waals surface area contributed by atoms with Gasteiger partial charge in [0.15, 0.2) is 0 Å². The van der Waals surface area contributed by atoms with Crippen molar-refractivity contribution in [2.45, 2.75) is 45.6 Å². The van der Waals surface area contributed by atoms with Gasteiger partial charge in [-0.15, -0.1) is 0 Å². The van der Waals surface area contributed by atoms with E-state index in [1.807, 2.05) is 0 Å². The van der Waals surface area contributed by atoms with E-state index < -0.39 is 0 Å². The van der Waals surface area contributed by atoms with E-state index in [9.17, 15) is 0 Å². The van der Waals surface area contributed by atoms with Crippen molar-refractivity contribution in [3.63, 3.8) is 0 Å². The summed E-state index contributed by atoms with van der Waals surface area (Å²) < 4.78 is 5.79. The summed E-state index contributed by atoms with van der Waals surface area (Å²) in [5.41, 5.74) is 1.32. The number of benzene rings is 1. The number of hydrogen-bond donors (Lipinski definition) is 1. The first-order chi connectivity index (χ1) is 8.88. The molecule has 0 saturated carbocycles. The summed E-state index contributed by atoms with van der Waals surface area (Å²) >= 11 is 0. The van der Waals surface area contributed by atoms with Crippen molar-refractivity contribution >= 4 is 0 Å². The van der Waals surface area contributed by atoms with Crippen molar-refractivity contribution in [1.29, 1.82) is 0 Å². The first-order valence-electron chi connectivity index (χ1n) is 7.24. The monoisotopic (exact) mass is 249 g/mol. The van der Waals surface area contributed by atoms with Crippen LogP contribution in [-0.2, 0) is 4.74 Å². The lowest BCUT2D eigenvalue weighted by atomic mass is 10.1. The minimum absolute atomic E-state index is 0.327. The summed E-state index contributed by atoms with van der Waals surface area (Å²) in [5, 5.41) is 3.55. The van der Waals surface area contributed by atoms with Gasteiger partial charge < -0.3 is 10.1 Å². The van der Waals surface area contributed by atoms with Crippen LogP contribution in [-0.4, -0.2) is 19.8 Å². The first kappa shape index (κ1) is 15.2. The van der Waals surface area contributed by atoms with Gasteiger partial charge in [-0.3, -0.25) is 0 Å². The molecule has 18 heavy (non-hydrogen) atoms. The maximum Gasteiger partial charge on any atom is 0.0661 e. The summed E-state index contributed by atoms with van der Waals surface area (Å²) in [6.07, 6.45) is 4.84. The van der Waals surface area contributed by atoms with Crippen LogP contribution < -0.4 is 5.32 Å². The Labute approximate surface area is 112 Å². The third kappa shape index (κ3) is 6.18. The predicted octanol–water partition coefficient (Wildman–Crippen LogP) is 3.93. The minimum atomic E-state index is 0.327. The highest BCUT2D eigenvalue weighted by atomic mass is 16.5. The molecule has 1 atom stereocenters. The van der Waals surface area contributed by atoms with E-state index in [1.165, 1.54) is 24.8 Å². The SMILES string of the molecule is CCCCCOCC(NCCC)c1ccccc1. The molecular weight excluding hydrogens is 222 g/mol. The molecule has 2 nitrogen and oxygen atoms in total. The van der Waals surface area contributed by atoms with Crippen LogP contribution in [0.4, 0.5) is 0 Å². The van der Waals surface area contributed by atoms with Crippen LogP contribution in [0.3, 0.4) is 0 Å². The molecule has 1 rings (SSSR count). The fourth-order valence-electron chi connectivity index (χ4n) is 1.93. The van der Waals surface area contributed by atoms with Crippen LogP contribution in [0.15, 0.2) is 30.3 Å². The molecule has 1 unspecified atom stereocenters. The number of ether oxygens (including phenoxy) is 1. The standard InChI is InChI=1S/C16H27NO/c1-3-5-9-13-18-14-16(17-12-4-2)15-10-7-6-8-11-15/h6-8,10-11,16-17H,3-5,9,12-14H2,1-2H3. The highest BCUT2D eigenvalue weighted by Crippen LogP contribution is 2.13. The fourth-order valence-corrected chi connectivity index (χ4v) is 1.93. The molecule has 102 valence electrons. The van der Waals surface area contributed by atoms with Gasteiger partial charge in [0.25, 0.3) is 0 Å². The molecule has 0 aliphatic rings. The van der Waals surface area contributed by atoms with E-state index in [0.717, 1.165) is 26.2 Å². The van der Waals surface area contributed by atoms with Gasteiger partial charge in [-0.25, -0.2) is 0 Å². The molecule has 1 N–H and O–H groups in total. The predicted molar refractivity (Wildman–Crippen MR) is 77.8 cm³/mol. The van der Waals surface area contributed by atoms with Crippen LogP contribution in [0.2, 0.25) is 0 Å². The Morgan fingerprint density at radius 1 is 1.06 bits per heavy atom. The maximum atomic E-state index is 5.79. The third-order valence-corrected chi connectivity index (χ3v) is 3.02. The zero-order valence-electron chi connectivity index (χ0n) is 11.8. The van der Waals surface area contributed by atoms with Gasteiger partial charge in [-0.05, 0) is 24.9 Å². The van der Waals surface area contributed by atoms with Crippen LogP contribution >= 0.6 is 0 Å². The topological polar surface area (TPSA) is 21.3 Å². The molecule has 2 heteroatoms. The van der Waals surface area contributed by atoms with E-state index in [-0.39, 0.29) is 0 Å². The Morgan fingerprint density at radius 3 is 2.50 bits per heavy atom. The number of rotatable bonds is 10. The Bertz CT molecular complexity index is 286. The second-order valence-electron chi connectivity index (χ2n) is 4.70. The second kappa shape index (κ2) is 10.1. The van der Waals surface area contributed by atoms with Crippen LogP contribution in [0.25, 0.3) is 0 Å². The molecule has 0 bridgehead atoms. The molecule has 0 saturated heterocycles. The average Bonchev–Trinajstić information content (AvgIpc) is 2.43. The normalized spacial score (nSPS) is 12.6. The molecule has 0 aromatic heterocycles. The van der Waals surface area contributed by atoms with Gasteiger partial charge >= 0.3 is 0 Å². The Kier molecular flexibility index (Phi) is 8.53. The molecule has 0 heterocycles.